The molecule has 4 rings (SSSR count). The summed E-state index contributed by atoms with van der Waals surface area (Å²) in [6.45, 7) is 0.905. The van der Waals surface area contributed by atoms with Crippen LogP contribution < -0.4 is 11.1 Å². The number of primary amides is 1. The van der Waals surface area contributed by atoms with Gasteiger partial charge in [-0.3, -0.25) is 14.3 Å². The van der Waals surface area contributed by atoms with Crippen molar-refractivity contribution in [1.29, 1.82) is 0 Å². The number of nitrogens with two attached hydrogens (primary N) is 1. The second-order valence-corrected chi connectivity index (χ2v) is 8.27. The van der Waals surface area contributed by atoms with Gasteiger partial charge in [0.05, 0.1) is 11.9 Å². The fourth-order valence-corrected chi connectivity index (χ4v) is 4.53. The molecule has 0 unspecified atom stereocenters. The van der Waals surface area contributed by atoms with Crippen LogP contribution in [-0.2, 0) is 12.7 Å². The summed E-state index contributed by atoms with van der Waals surface area (Å²) in [5.74, 6) is -2.00. The lowest BCUT2D eigenvalue weighted by atomic mass is 10.0. The first kappa shape index (κ1) is 24.3. The monoisotopic (exact) mass is 513 g/mol. The van der Waals surface area contributed by atoms with Gasteiger partial charge in [0.25, 0.3) is 11.8 Å². The minimum atomic E-state index is -4.81. The Labute approximate surface area is 197 Å². The highest BCUT2D eigenvalue weighted by atomic mass is 32.1. The number of carbonyl (C=O) groups excluding carboxylic acids is 2. The van der Waals surface area contributed by atoms with Crippen LogP contribution in [0.25, 0.3) is 21.3 Å². The van der Waals surface area contributed by atoms with E-state index in [0.717, 1.165) is 18.3 Å². The van der Waals surface area contributed by atoms with Gasteiger partial charge in [0.2, 0.25) is 0 Å². The molecule has 2 amide bonds. The van der Waals surface area contributed by atoms with Crippen molar-refractivity contribution in [2.45, 2.75) is 33.1 Å². The van der Waals surface area contributed by atoms with Crippen molar-refractivity contribution >= 4 is 39.1 Å². The molecule has 0 aliphatic rings. The number of anilines is 1. The summed E-state index contributed by atoms with van der Waals surface area (Å²) in [5.41, 5.74) is 4.48. The molecular weight excluding hydrogens is 497 g/mol. The molecule has 0 fully saturated rings. The van der Waals surface area contributed by atoms with Crippen LogP contribution in [0.15, 0.2) is 24.5 Å². The SMILES string of the molecule is CCn1ncc(-c2cc(C(F)(F)F)nc3sc(C(N)=O)c(NC(=O)c4ccn(C(F)F)n4)c23)c1C. The van der Waals surface area contributed by atoms with Crippen molar-refractivity contribution in [1.82, 2.24) is 24.5 Å². The molecule has 0 aliphatic heterocycles. The molecule has 184 valence electrons. The second kappa shape index (κ2) is 8.72. The summed E-state index contributed by atoms with van der Waals surface area (Å²) < 4.78 is 68.4. The third-order valence-corrected chi connectivity index (χ3v) is 6.25. The highest BCUT2D eigenvalue weighted by molar-refractivity contribution is 7.21. The second-order valence-electron chi connectivity index (χ2n) is 7.28. The van der Waals surface area contributed by atoms with Gasteiger partial charge in [-0.2, -0.15) is 32.1 Å². The van der Waals surface area contributed by atoms with Crippen LogP contribution in [0, 0.1) is 6.92 Å². The highest BCUT2D eigenvalue weighted by Gasteiger charge is 2.35. The summed E-state index contributed by atoms with van der Waals surface area (Å²) in [7, 11) is 0. The Hall–Kier alpha value is -3.88. The van der Waals surface area contributed by atoms with E-state index in [1.807, 2.05) is 0 Å². The molecule has 15 heteroatoms. The Balaban J connectivity index is 1.96. The lowest BCUT2D eigenvalue weighted by Crippen LogP contribution is -2.17. The number of pyridine rings is 1. The highest BCUT2D eigenvalue weighted by Crippen LogP contribution is 2.44. The van der Waals surface area contributed by atoms with Crippen molar-refractivity contribution in [2.75, 3.05) is 5.32 Å². The number of aryl methyl sites for hydroxylation is 1. The van der Waals surface area contributed by atoms with Gasteiger partial charge >= 0.3 is 12.7 Å². The van der Waals surface area contributed by atoms with E-state index in [-0.39, 0.29) is 31.0 Å². The van der Waals surface area contributed by atoms with Crippen LogP contribution in [0.2, 0.25) is 0 Å². The van der Waals surface area contributed by atoms with Gasteiger partial charge in [-0.1, -0.05) is 0 Å². The van der Waals surface area contributed by atoms with E-state index in [9.17, 15) is 31.5 Å². The van der Waals surface area contributed by atoms with Gasteiger partial charge in [-0.25, -0.2) is 9.67 Å². The third kappa shape index (κ3) is 4.34. The van der Waals surface area contributed by atoms with Crippen molar-refractivity contribution in [3.05, 3.63) is 46.5 Å². The van der Waals surface area contributed by atoms with E-state index in [1.54, 1.807) is 18.5 Å². The lowest BCUT2D eigenvalue weighted by molar-refractivity contribution is -0.140. The molecule has 35 heavy (non-hydrogen) atoms. The van der Waals surface area contributed by atoms with E-state index in [2.05, 4.69) is 20.5 Å². The van der Waals surface area contributed by atoms with Crippen molar-refractivity contribution in [3.63, 3.8) is 0 Å². The minimum Gasteiger partial charge on any atom is -0.365 e. The number of hydrogen-bond donors (Lipinski definition) is 2. The average molecular weight is 513 g/mol. The number of thiophene rings is 1. The van der Waals surface area contributed by atoms with Crippen LogP contribution in [0.5, 0.6) is 0 Å². The predicted molar refractivity (Wildman–Crippen MR) is 116 cm³/mol. The number of fused-ring (bicyclic) bond motifs is 1. The Kier molecular flexibility index (Phi) is 6.04. The Morgan fingerprint density at radius 3 is 2.51 bits per heavy atom. The molecule has 0 spiro atoms. The maximum Gasteiger partial charge on any atom is 0.433 e. The molecule has 4 heterocycles. The van der Waals surface area contributed by atoms with Crippen molar-refractivity contribution < 1.29 is 31.5 Å². The summed E-state index contributed by atoms with van der Waals surface area (Å²) >= 11 is 0.564. The first-order valence-electron chi connectivity index (χ1n) is 9.94. The smallest absolute Gasteiger partial charge is 0.365 e. The maximum atomic E-state index is 13.6. The van der Waals surface area contributed by atoms with Gasteiger partial charge in [-0.15, -0.1) is 11.3 Å². The minimum absolute atomic E-state index is 0.0108. The lowest BCUT2D eigenvalue weighted by Gasteiger charge is -2.12. The normalized spacial score (nSPS) is 12.0. The molecular formula is C20H16F5N7O2S. The standard InChI is InChI=1S/C20H16F5N7O2S/c1-3-31-8(2)10(7-27-31)9-6-12(20(23,24)25)28-18-13(9)14(15(35-18)16(26)33)29-17(34)11-4-5-32(30-11)19(21)22/h4-7,19H,3H2,1-2H3,(H2,26,33)(H,29,34). The van der Waals surface area contributed by atoms with Gasteiger partial charge in [0.15, 0.2) is 5.69 Å². The number of rotatable bonds is 6. The van der Waals surface area contributed by atoms with Crippen LogP contribution >= 0.6 is 11.3 Å². The first-order valence-corrected chi connectivity index (χ1v) is 10.8. The van der Waals surface area contributed by atoms with E-state index in [0.29, 0.717) is 29.1 Å². The van der Waals surface area contributed by atoms with E-state index < -0.39 is 35.9 Å². The van der Waals surface area contributed by atoms with Crippen LogP contribution in [-0.4, -0.2) is 36.4 Å². The quantitative estimate of drug-likeness (QED) is 0.369. The fourth-order valence-electron chi connectivity index (χ4n) is 3.52. The molecule has 9 nitrogen and oxygen atoms in total. The van der Waals surface area contributed by atoms with Crippen molar-refractivity contribution in [2.24, 2.45) is 5.73 Å². The number of carbonyl (C=O) groups is 2. The van der Waals surface area contributed by atoms with Gasteiger partial charge in [-0.05, 0) is 31.5 Å². The number of aromatic nitrogens is 5. The Bertz CT molecular complexity index is 1450. The summed E-state index contributed by atoms with van der Waals surface area (Å²) in [6.07, 6.45) is -2.56. The molecule has 0 atom stereocenters. The number of nitrogens with zero attached hydrogens (tertiary/aromatic N) is 5. The number of amides is 2. The van der Waals surface area contributed by atoms with Crippen LogP contribution in [0.1, 0.15) is 45.0 Å². The molecule has 3 N–H and O–H groups in total. The van der Waals surface area contributed by atoms with E-state index >= 15 is 0 Å². The molecule has 0 saturated carbocycles. The largest absolute Gasteiger partial charge is 0.433 e. The van der Waals surface area contributed by atoms with Gasteiger partial charge < -0.3 is 11.1 Å². The number of nitrogens with one attached hydrogen (secondary N) is 1. The van der Waals surface area contributed by atoms with E-state index in [4.69, 9.17) is 5.73 Å². The first-order chi connectivity index (χ1) is 16.4. The molecule has 0 bridgehead atoms. The average Bonchev–Trinajstić information content (AvgIpc) is 3.49. The Morgan fingerprint density at radius 2 is 1.97 bits per heavy atom. The molecule has 0 aromatic carbocycles. The molecule has 4 aromatic rings. The summed E-state index contributed by atoms with van der Waals surface area (Å²) in [6, 6.07) is 1.82. The number of halogens is 5. The van der Waals surface area contributed by atoms with Crippen LogP contribution in [0.4, 0.5) is 27.6 Å². The zero-order valence-electron chi connectivity index (χ0n) is 18.0. The Morgan fingerprint density at radius 1 is 1.26 bits per heavy atom. The maximum absolute atomic E-state index is 13.6. The number of hydrogen-bond acceptors (Lipinski definition) is 6. The zero-order valence-corrected chi connectivity index (χ0v) is 18.8. The predicted octanol–water partition coefficient (Wildman–Crippen LogP) is 4.45. The third-order valence-electron chi connectivity index (χ3n) is 5.15. The van der Waals surface area contributed by atoms with Gasteiger partial charge in [0.1, 0.15) is 15.4 Å². The molecule has 0 radical (unpaired) electrons. The molecule has 4 aromatic heterocycles. The van der Waals surface area contributed by atoms with E-state index in [1.165, 1.54) is 6.20 Å². The van der Waals surface area contributed by atoms with Crippen LogP contribution in [0.3, 0.4) is 0 Å². The zero-order chi connectivity index (χ0) is 25.7. The fraction of sp³-hybridized carbons (Fsp3) is 0.250. The van der Waals surface area contributed by atoms with Crippen molar-refractivity contribution in [3.8, 4) is 11.1 Å². The molecule has 0 aliphatic carbocycles. The summed E-state index contributed by atoms with van der Waals surface area (Å²) in [4.78, 5) is 28.1. The summed E-state index contributed by atoms with van der Waals surface area (Å²) in [5, 5.41) is 10.0. The molecule has 0 saturated heterocycles. The topological polar surface area (TPSA) is 121 Å². The van der Waals surface area contributed by atoms with Gasteiger partial charge in [0, 0.05) is 29.4 Å². The number of alkyl halides is 5.